The average Bonchev–Trinajstić information content (AvgIpc) is 2.32. The fraction of sp³-hybridized carbons (Fsp3) is 0.333. The Balaban J connectivity index is 2.65. The number of aliphatic carboxylic acids is 1. The highest BCUT2D eigenvalue weighted by molar-refractivity contribution is 9.10. The zero-order chi connectivity index (χ0) is 13.7. The number of carboxylic acid groups (broad SMARTS) is 1. The summed E-state index contributed by atoms with van der Waals surface area (Å²) in [6.45, 7) is 1.76. The molecule has 98 valence electrons. The zero-order valence-corrected chi connectivity index (χ0v) is 11.3. The molecule has 6 heteroatoms. The van der Waals surface area contributed by atoms with Gasteiger partial charge in [0.1, 0.15) is 5.82 Å². The van der Waals surface area contributed by atoms with E-state index in [1.165, 1.54) is 12.1 Å². The van der Waals surface area contributed by atoms with Crippen LogP contribution in [-0.4, -0.2) is 23.5 Å². The molecule has 1 aromatic rings. The van der Waals surface area contributed by atoms with E-state index in [4.69, 9.17) is 5.11 Å². The number of amides is 1. The van der Waals surface area contributed by atoms with Crippen LogP contribution >= 0.6 is 15.9 Å². The van der Waals surface area contributed by atoms with Crippen LogP contribution < -0.4 is 5.32 Å². The highest BCUT2D eigenvalue weighted by atomic mass is 79.9. The van der Waals surface area contributed by atoms with Crippen LogP contribution in [0.4, 0.5) is 4.39 Å². The molecule has 1 unspecified atom stereocenters. The van der Waals surface area contributed by atoms with Crippen molar-refractivity contribution >= 4 is 27.8 Å². The topological polar surface area (TPSA) is 66.4 Å². The summed E-state index contributed by atoms with van der Waals surface area (Å²) in [6.07, 6.45) is 0.421. The van der Waals surface area contributed by atoms with Crippen molar-refractivity contribution in [3.8, 4) is 0 Å². The molecule has 0 aliphatic carbocycles. The first-order chi connectivity index (χ1) is 8.45. The van der Waals surface area contributed by atoms with E-state index < -0.39 is 23.6 Å². The van der Waals surface area contributed by atoms with E-state index in [0.29, 0.717) is 6.42 Å². The maximum absolute atomic E-state index is 13.2. The standard InChI is InChI=1S/C12H13BrFNO3/c1-2-7(12(17)18)6-15-11(16)8-3-4-9(13)10(14)5-8/h3-5,7H,2,6H2,1H3,(H,15,16)(H,17,18). The monoisotopic (exact) mass is 317 g/mol. The smallest absolute Gasteiger partial charge is 0.308 e. The summed E-state index contributed by atoms with van der Waals surface area (Å²) in [7, 11) is 0. The second kappa shape index (κ2) is 6.49. The maximum atomic E-state index is 13.2. The predicted octanol–water partition coefficient (Wildman–Crippen LogP) is 2.43. The number of halogens is 2. The van der Waals surface area contributed by atoms with E-state index in [9.17, 15) is 14.0 Å². The minimum atomic E-state index is -0.959. The van der Waals surface area contributed by atoms with Gasteiger partial charge in [0.25, 0.3) is 5.91 Å². The summed E-state index contributed by atoms with van der Waals surface area (Å²) in [5.74, 6) is -2.61. The molecular formula is C12H13BrFNO3. The first kappa shape index (κ1) is 14.6. The molecule has 18 heavy (non-hydrogen) atoms. The number of carbonyl (C=O) groups is 2. The summed E-state index contributed by atoms with van der Waals surface area (Å²) in [5.41, 5.74) is 0.163. The summed E-state index contributed by atoms with van der Waals surface area (Å²) in [6, 6.07) is 3.99. The van der Waals surface area contributed by atoms with Crippen molar-refractivity contribution in [3.63, 3.8) is 0 Å². The second-order valence-electron chi connectivity index (χ2n) is 3.78. The van der Waals surface area contributed by atoms with E-state index in [0.717, 1.165) is 6.07 Å². The van der Waals surface area contributed by atoms with Gasteiger partial charge in [0.15, 0.2) is 0 Å². The Kier molecular flexibility index (Phi) is 5.27. The van der Waals surface area contributed by atoms with Gasteiger partial charge in [-0.15, -0.1) is 0 Å². The van der Waals surface area contributed by atoms with E-state index >= 15 is 0 Å². The Bertz CT molecular complexity index is 465. The van der Waals surface area contributed by atoms with Crippen molar-refractivity contribution < 1.29 is 19.1 Å². The van der Waals surface area contributed by atoms with Crippen molar-refractivity contribution in [2.75, 3.05) is 6.54 Å². The fourth-order valence-electron chi connectivity index (χ4n) is 1.36. The fourth-order valence-corrected chi connectivity index (χ4v) is 1.61. The molecule has 0 spiro atoms. The number of carboxylic acids is 1. The lowest BCUT2D eigenvalue weighted by molar-refractivity contribution is -0.141. The Morgan fingerprint density at radius 3 is 2.67 bits per heavy atom. The zero-order valence-electron chi connectivity index (χ0n) is 9.74. The van der Waals surface area contributed by atoms with Crippen LogP contribution in [0.5, 0.6) is 0 Å². The van der Waals surface area contributed by atoms with E-state index in [-0.39, 0.29) is 16.6 Å². The molecule has 0 aliphatic heterocycles. The third-order valence-corrected chi connectivity index (χ3v) is 3.18. The quantitative estimate of drug-likeness (QED) is 0.876. The van der Waals surface area contributed by atoms with Crippen molar-refractivity contribution in [2.24, 2.45) is 5.92 Å². The van der Waals surface area contributed by atoms with Gasteiger partial charge in [-0.25, -0.2) is 4.39 Å². The lowest BCUT2D eigenvalue weighted by Gasteiger charge is -2.11. The molecule has 0 radical (unpaired) electrons. The highest BCUT2D eigenvalue weighted by Crippen LogP contribution is 2.16. The van der Waals surface area contributed by atoms with Crippen LogP contribution in [0.25, 0.3) is 0 Å². The van der Waals surface area contributed by atoms with E-state index in [1.54, 1.807) is 6.92 Å². The normalized spacial score (nSPS) is 11.9. The summed E-state index contributed by atoms with van der Waals surface area (Å²) < 4.78 is 13.5. The van der Waals surface area contributed by atoms with Gasteiger partial charge in [-0.2, -0.15) is 0 Å². The van der Waals surface area contributed by atoms with Crippen LogP contribution in [0.1, 0.15) is 23.7 Å². The van der Waals surface area contributed by atoms with Crippen LogP contribution in [0.2, 0.25) is 0 Å². The number of rotatable bonds is 5. The third-order valence-electron chi connectivity index (χ3n) is 2.53. The molecule has 1 atom stereocenters. The minimum absolute atomic E-state index is 0.0301. The van der Waals surface area contributed by atoms with Crippen molar-refractivity contribution in [1.82, 2.24) is 5.32 Å². The predicted molar refractivity (Wildman–Crippen MR) is 67.9 cm³/mol. The second-order valence-corrected chi connectivity index (χ2v) is 4.64. The molecule has 0 aromatic heterocycles. The molecule has 0 saturated carbocycles. The van der Waals surface area contributed by atoms with Gasteiger partial charge >= 0.3 is 5.97 Å². The molecule has 1 rings (SSSR count). The molecule has 0 heterocycles. The van der Waals surface area contributed by atoms with Gasteiger partial charge in [0.2, 0.25) is 0 Å². The van der Waals surface area contributed by atoms with Crippen LogP contribution in [0.3, 0.4) is 0 Å². The average molecular weight is 318 g/mol. The number of hydrogen-bond acceptors (Lipinski definition) is 2. The first-order valence-corrected chi connectivity index (χ1v) is 6.21. The van der Waals surface area contributed by atoms with Crippen LogP contribution in [-0.2, 0) is 4.79 Å². The summed E-state index contributed by atoms with van der Waals surface area (Å²) in [5, 5.41) is 11.3. The van der Waals surface area contributed by atoms with Gasteiger partial charge in [0.05, 0.1) is 10.4 Å². The third kappa shape index (κ3) is 3.80. The molecule has 0 saturated heterocycles. The number of carbonyl (C=O) groups excluding carboxylic acids is 1. The van der Waals surface area contributed by atoms with Gasteiger partial charge in [-0.1, -0.05) is 6.92 Å². The van der Waals surface area contributed by atoms with Gasteiger partial charge in [0, 0.05) is 12.1 Å². The Morgan fingerprint density at radius 2 is 2.17 bits per heavy atom. The SMILES string of the molecule is CCC(CNC(=O)c1ccc(Br)c(F)c1)C(=O)O. The number of benzene rings is 1. The molecule has 2 N–H and O–H groups in total. The molecule has 1 aromatic carbocycles. The molecule has 0 bridgehead atoms. The number of hydrogen-bond donors (Lipinski definition) is 2. The molecule has 4 nitrogen and oxygen atoms in total. The van der Waals surface area contributed by atoms with Gasteiger partial charge in [-0.05, 0) is 40.5 Å². The number of nitrogens with one attached hydrogen (secondary N) is 1. The molecular weight excluding hydrogens is 305 g/mol. The first-order valence-electron chi connectivity index (χ1n) is 5.41. The summed E-state index contributed by atoms with van der Waals surface area (Å²) >= 11 is 2.99. The van der Waals surface area contributed by atoms with Crippen LogP contribution in [0, 0.1) is 11.7 Å². The van der Waals surface area contributed by atoms with E-state index in [2.05, 4.69) is 21.2 Å². The van der Waals surface area contributed by atoms with Crippen molar-refractivity contribution in [1.29, 1.82) is 0 Å². The Labute approximate surface area is 112 Å². The summed E-state index contributed by atoms with van der Waals surface area (Å²) in [4.78, 5) is 22.4. The van der Waals surface area contributed by atoms with Gasteiger partial charge < -0.3 is 10.4 Å². The molecule has 0 fully saturated rings. The molecule has 1 amide bonds. The van der Waals surface area contributed by atoms with Crippen molar-refractivity contribution in [2.45, 2.75) is 13.3 Å². The van der Waals surface area contributed by atoms with Crippen LogP contribution in [0.15, 0.2) is 22.7 Å². The maximum Gasteiger partial charge on any atom is 0.308 e. The molecule has 0 aliphatic rings. The largest absolute Gasteiger partial charge is 0.481 e. The minimum Gasteiger partial charge on any atom is -0.481 e. The Morgan fingerprint density at radius 1 is 1.50 bits per heavy atom. The van der Waals surface area contributed by atoms with Crippen molar-refractivity contribution in [3.05, 3.63) is 34.1 Å². The lowest BCUT2D eigenvalue weighted by atomic mass is 10.1. The van der Waals surface area contributed by atoms with E-state index in [1.807, 2.05) is 0 Å². The highest BCUT2D eigenvalue weighted by Gasteiger charge is 2.16. The lowest BCUT2D eigenvalue weighted by Crippen LogP contribution is -2.32. The Hall–Kier alpha value is -1.43. The van der Waals surface area contributed by atoms with Gasteiger partial charge in [-0.3, -0.25) is 9.59 Å².